The lowest BCUT2D eigenvalue weighted by Gasteiger charge is -2.15. The fraction of sp³-hybridized carbons (Fsp3) is 0.194. The Labute approximate surface area is 237 Å². The standard InChI is InChI=1S/C31H33N5O5/c1-33-22(19-41-23-5-3-2-4-6-23)15-26(32)31(40)35-17-21-9-7-20(8-10-21)16-34-18-28(38)24-11-13-27(37)30-25(24)12-14-29(39)36-30/h2-15,28,32-34,37-38H,16-19H2,1H3,(H,35,40)(H,36,39)/b22-15-,32-26?. The minimum absolute atomic E-state index is 0.0534. The highest BCUT2D eigenvalue weighted by molar-refractivity contribution is 6.42. The number of carbonyl (C=O) groups is 1. The predicted octanol–water partition coefficient (Wildman–Crippen LogP) is 2.88. The number of phenols is 1. The first-order valence-electron chi connectivity index (χ1n) is 13.1. The van der Waals surface area contributed by atoms with Crippen molar-refractivity contribution in [3.05, 3.63) is 118 Å². The van der Waals surface area contributed by atoms with Gasteiger partial charge in [0.2, 0.25) is 5.56 Å². The van der Waals surface area contributed by atoms with Crippen LogP contribution in [0.3, 0.4) is 0 Å². The average molecular weight is 556 g/mol. The molecule has 4 rings (SSSR count). The summed E-state index contributed by atoms with van der Waals surface area (Å²) in [6.45, 7) is 1.24. The lowest BCUT2D eigenvalue weighted by atomic mass is 10.0. The van der Waals surface area contributed by atoms with Crippen LogP contribution in [-0.2, 0) is 17.9 Å². The fourth-order valence-corrected chi connectivity index (χ4v) is 4.17. The zero-order valence-electron chi connectivity index (χ0n) is 22.6. The van der Waals surface area contributed by atoms with Gasteiger partial charge in [-0.05, 0) is 47.0 Å². The van der Waals surface area contributed by atoms with E-state index < -0.39 is 12.0 Å². The summed E-state index contributed by atoms with van der Waals surface area (Å²) in [4.78, 5) is 26.6. The number of carbonyl (C=O) groups excluding carboxylic acids is 1. The van der Waals surface area contributed by atoms with Crippen molar-refractivity contribution in [1.82, 2.24) is 20.9 Å². The van der Waals surface area contributed by atoms with E-state index >= 15 is 0 Å². The lowest BCUT2D eigenvalue weighted by molar-refractivity contribution is -0.114. The summed E-state index contributed by atoms with van der Waals surface area (Å²) in [5.41, 5.74) is 2.84. The van der Waals surface area contributed by atoms with Crippen LogP contribution < -0.4 is 26.2 Å². The number of hydrogen-bond donors (Lipinski definition) is 7. The fourth-order valence-electron chi connectivity index (χ4n) is 4.17. The molecule has 41 heavy (non-hydrogen) atoms. The molecule has 1 amide bonds. The van der Waals surface area contributed by atoms with Gasteiger partial charge in [0, 0.05) is 38.1 Å². The number of H-pyrrole nitrogens is 1. The zero-order chi connectivity index (χ0) is 29.2. The molecule has 0 saturated heterocycles. The molecule has 0 fully saturated rings. The van der Waals surface area contributed by atoms with E-state index in [0.717, 1.165) is 11.1 Å². The number of rotatable bonds is 13. The van der Waals surface area contributed by atoms with Gasteiger partial charge in [-0.25, -0.2) is 0 Å². The first-order valence-corrected chi connectivity index (χ1v) is 13.1. The molecule has 1 atom stereocenters. The Morgan fingerprint density at radius 1 is 1.00 bits per heavy atom. The summed E-state index contributed by atoms with van der Waals surface area (Å²) in [6, 6.07) is 23.0. The third-order valence-corrected chi connectivity index (χ3v) is 6.43. The van der Waals surface area contributed by atoms with Crippen molar-refractivity contribution in [3.63, 3.8) is 0 Å². The summed E-state index contributed by atoms with van der Waals surface area (Å²) in [5.74, 6) is 0.148. The number of para-hydroxylation sites is 1. The number of ether oxygens (including phenoxy) is 1. The number of fused-ring (bicyclic) bond motifs is 1. The van der Waals surface area contributed by atoms with E-state index in [9.17, 15) is 19.8 Å². The number of aromatic hydroxyl groups is 1. The van der Waals surface area contributed by atoms with Gasteiger partial charge in [0.05, 0.1) is 17.3 Å². The Morgan fingerprint density at radius 2 is 1.71 bits per heavy atom. The van der Waals surface area contributed by atoms with E-state index in [1.54, 1.807) is 19.2 Å². The average Bonchev–Trinajstić information content (AvgIpc) is 2.99. The van der Waals surface area contributed by atoms with E-state index in [1.807, 2.05) is 54.6 Å². The normalized spacial score (nSPS) is 12.1. The molecule has 0 bridgehead atoms. The molecule has 0 radical (unpaired) electrons. The van der Waals surface area contributed by atoms with Gasteiger partial charge in [0.25, 0.3) is 5.91 Å². The number of aromatic amines is 1. The molecule has 1 unspecified atom stereocenters. The molecule has 10 nitrogen and oxygen atoms in total. The molecule has 4 aromatic rings. The first kappa shape index (κ1) is 29.1. The molecular weight excluding hydrogens is 522 g/mol. The van der Waals surface area contributed by atoms with Crippen LogP contribution in [0.15, 0.2) is 95.4 Å². The summed E-state index contributed by atoms with van der Waals surface area (Å²) < 4.78 is 5.67. The van der Waals surface area contributed by atoms with Crippen molar-refractivity contribution in [2.45, 2.75) is 19.2 Å². The molecular formula is C31H33N5O5. The Bertz CT molecular complexity index is 1580. The monoisotopic (exact) mass is 555 g/mol. The zero-order valence-corrected chi connectivity index (χ0v) is 22.6. The van der Waals surface area contributed by atoms with Crippen LogP contribution in [0, 0.1) is 5.41 Å². The minimum atomic E-state index is -0.851. The van der Waals surface area contributed by atoms with E-state index in [0.29, 0.717) is 34.5 Å². The first-order chi connectivity index (χ1) is 19.8. The Hall–Kier alpha value is -4.93. The molecule has 0 saturated carbocycles. The molecule has 0 aliphatic heterocycles. The summed E-state index contributed by atoms with van der Waals surface area (Å²) in [6.07, 6.45) is 0.595. The van der Waals surface area contributed by atoms with Crippen LogP contribution in [0.4, 0.5) is 0 Å². The third kappa shape index (κ3) is 8.04. The lowest BCUT2D eigenvalue weighted by Crippen LogP contribution is -2.30. The second-order valence-corrected chi connectivity index (χ2v) is 9.37. The third-order valence-electron chi connectivity index (χ3n) is 6.43. The van der Waals surface area contributed by atoms with Crippen molar-refractivity contribution >= 4 is 22.5 Å². The number of phenolic OH excluding ortho intramolecular Hbond substituents is 1. The van der Waals surface area contributed by atoms with E-state index in [4.69, 9.17) is 10.1 Å². The number of aliphatic hydroxyl groups is 1. The Balaban J connectivity index is 1.23. The molecule has 3 aromatic carbocycles. The smallest absolute Gasteiger partial charge is 0.269 e. The Morgan fingerprint density at radius 3 is 2.41 bits per heavy atom. The predicted molar refractivity (Wildman–Crippen MR) is 158 cm³/mol. The van der Waals surface area contributed by atoms with Gasteiger partial charge < -0.3 is 35.9 Å². The van der Waals surface area contributed by atoms with Crippen molar-refractivity contribution in [2.24, 2.45) is 0 Å². The number of pyridine rings is 1. The summed E-state index contributed by atoms with van der Waals surface area (Å²) >= 11 is 0. The van der Waals surface area contributed by atoms with E-state index in [2.05, 4.69) is 20.9 Å². The molecule has 0 spiro atoms. The van der Waals surface area contributed by atoms with Gasteiger partial charge in [0.1, 0.15) is 23.8 Å². The maximum absolute atomic E-state index is 12.4. The van der Waals surface area contributed by atoms with Crippen LogP contribution in [0.5, 0.6) is 11.5 Å². The molecule has 1 heterocycles. The Kier molecular flexibility index (Phi) is 9.87. The van der Waals surface area contributed by atoms with E-state index in [-0.39, 0.29) is 36.7 Å². The van der Waals surface area contributed by atoms with Crippen LogP contribution in [0.2, 0.25) is 0 Å². The van der Waals surface area contributed by atoms with Gasteiger partial charge in [-0.3, -0.25) is 15.0 Å². The molecule has 10 heteroatoms. The van der Waals surface area contributed by atoms with Gasteiger partial charge in [-0.1, -0.05) is 48.5 Å². The van der Waals surface area contributed by atoms with Crippen LogP contribution in [0.1, 0.15) is 22.8 Å². The molecule has 212 valence electrons. The number of nitrogens with one attached hydrogen (secondary N) is 5. The maximum Gasteiger partial charge on any atom is 0.269 e. The summed E-state index contributed by atoms with van der Waals surface area (Å²) in [5, 5.41) is 38.4. The van der Waals surface area contributed by atoms with Crippen molar-refractivity contribution in [3.8, 4) is 11.5 Å². The number of aliphatic hydroxyl groups excluding tert-OH is 1. The topological polar surface area (TPSA) is 160 Å². The van der Waals surface area contributed by atoms with Gasteiger partial charge in [-0.15, -0.1) is 0 Å². The highest BCUT2D eigenvalue weighted by atomic mass is 16.5. The van der Waals surface area contributed by atoms with Crippen molar-refractivity contribution < 1.29 is 19.7 Å². The largest absolute Gasteiger partial charge is 0.506 e. The second kappa shape index (κ2) is 13.9. The SMILES string of the molecule is CN/C(=C\C(=N)C(=O)NCc1ccc(CNCC(O)c2ccc(O)c3[nH]c(=O)ccc23)cc1)COc1ccccc1. The maximum atomic E-state index is 12.4. The van der Waals surface area contributed by atoms with Crippen molar-refractivity contribution in [1.29, 1.82) is 5.41 Å². The highest BCUT2D eigenvalue weighted by Crippen LogP contribution is 2.28. The van der Waals surface area contributed by atoms with Crippen molar-refractivity contribution in [2.75, 3.05) is 20.2 Å². The minimum Gasteiger partial charge on any atom is -0.506 e. The molecule has 0 aliphatic rings. The number of amides is 1. The number of aromatic nitrogens is 1. The van der Waals surface area contributed by atoms with Gasteiger partial charge in [0.15, 0.2) is 0 Å². The number of likely N-dealkylation sites (N-methyl/N-ethyl adjacent to an activating group) is 1. The quantitative estimate of drug-likeness (QED) is 0.125. The summed E-state index contributed by atoms with van der Waals surface area (Å²) in [7, 11) is 1.71. The van der Waals surface area contributed by atoms with Crippen LogP contribution >= 0.6 is 0 Å². The number of benzene rings is 3. The number of hydrogen-bond acceptors (Lipinski definition) is 8. The molecule has 7 N–H and O–H groups in total. The molecule has 0 aliphatic carbocycles. The van der Waals surface area contributed by atoms with E-state index in [1.165, 1.54) is 18.2 Å². The molecule has 1 aromatic heterocycles. The van der Waals surface area contributed by atoms with Gasteiger partial charge in [-0.2, -0.15) is 0 Å². The second-order valence-electron chi connectivity index (χ2n) is 9.37. The van der Waals surface area contributed by atoms with Gasteiger partial charge >= 0.3 is 0 Å². The van der Waals surface area contributed by atoms with Crippen LogP contribution in [0.25, 0.3) is 10.9 Å². The van der Waals surface area contributed by atoms with Crippen LogP contribution in [-0.4, -0.2) is 47.0 Å². The highest BCUT2D eigenvalue weighted by Gasteiger charge is 2.14.